The Labute approximate surface area is 112 Å². The maximum atomic E-state index is 13.3. The first-order valence-electron chi connectivity index (χ1n) is 6.10. The number of nitrogens with zero attached hydrogens (tertiary/aromatic N) is 1. The molecule has 0 saturated heterocycles. The Morgan fingerprint density at radius 1 is 1.05 bits per heavy atom. The number of nitrogens with one attached hydrogen (secondary N) is 1. The van der Waals surface area contributed by atoms with Crippen molar-refractivity contribution >= 4 is 5.69 Å². The number of nitrogens with two attached hydrogens (primary N) is 1. The molecule has 0 bridgehead atoms. The van der Waals surface area contributed by atoms with Crippen LogP contribution in [0.5, 0.6) is 0 Å². The Bertz CT molecular complexity index is 555. The second kappa shape index (κ2) is 5.82. The molecule has 0 saturated carbocycles. The second-order valence-electron chi connectivity index (χ2n) is 4.64. The molecule has 3 N–H and O–H groups in total. The highest BCUT2D eigenvalue weighted by atomic mass is 19.1. The summed E-state index contributed by atoms with van der Waals surface area (Å²) < 4.78 is 13.3. The van der Waals surface area contributed by atoms with E-state index in [2.05, 4.69) is 5.43 Å². The Kier molecular flexibility index (Phi) is 4.14. The number of rotatable bonds is 4. The molecule has 0 aliphatic carbocycles. The number of hydrogen-bond acceptors (Lipinski definition) is 3. The highest BCUT2D eigenvalue weighted by molar-refractivity contribution is 5.49. The lowest BCUT2D eigenvalue weighted by molar-refractivity contribution is 0.605. The third-order valence-electron chi connectivity index (χ3n) is 3.07. The van der Waals surface area contributed by atoms with E-state index in [1.165, 1.54) is 12.1 Å². The van der Waals surface area contributed by atoms with Crippen LogP contribution >= 0.6 is 0 Å². The van der Waals surface area contributed by atoms with Crippen molar-refractivity contribution in [1.29, 1.82) is 0 Å². The number of halogens is 1. The lowest BCUT2D eigenvalue weighted by Gasteiger charge is -2.20. The summed E-state index contributed by atoms with van der Waals surface area (Å²) in [4.78, 5) is 2.02. The quantitative estimate of drug-likeness (QED) is 0.654. The maximum Gasteiger partial charge on any atom is 0.123 e. The second-order valence-corrected chi connectivity index (χ2v) is 4.64. The zero-order valence-corrected chi connectivity index (χ0v) is 11.1. The summed E-state index contributed by atoms with van der Waals surface area (Å²) in [5.41, 5.74) is 5.62. The van der Waals surface area contributed by atoms with Crippen LogP contribution in [-0.4, -0.2) is 14.1 Å². The van der Waals surface area contributed by atoms with Crippen LogP contribution < -0.4 is 16.2 Å². The molecule has 0 aliphatic heterocycles. The van der Waals surface area contributed by atoms with E-state index in [4.69, 9.17) is 5.84 Å². The van der Waals surface area contributed by atoms with Crippen LogP contribution in [-0.2, 0) is 0 Å². The molecule has 0 radical (unpaired) electrons. The van der Waals surface area contributed by atoms with E-state index in [0.717, 1.165) is 16.8 Å². The van der Waals surface area contributed by atoms with Gasteiger partial charge in [-0.25, -0.2) is 9.82 Å². The summed E-state index contributed by atoms with van der Waals surface area (Å²) in [5, 5.41) is 0. The highest BCUT2D eigenvalue weighted by Crippen LogP contribution is 2.25. The predicted octanol–water partition coefficient (Wildman–Crippen LogP) is 2.44. The molecule has 1 atom stereocenters. The summed E-state index contributed by atoms with van der Waals surface area (Å²) in [6, 6.07) is 14.2. The third-order valence-corrected chi connectivity index (χ3v) is 3.07. The standard InChI is InChI=1S/C15H18FN3/c1-19(2)14-8-4-6-12(10-14)15(18-17)11-5-3-7-13(16)9-11/h3-10,15,18H,17H2,1-2H3. The van der Waals surface area contributed by atoms with Crippen molar-refractivity contribution in [2.24, 2.45) is 5.84 Å². The van der Waals surface area contributed by atoms with Gasteiger partial charge in [-0.15, -0.1) is 0 Å². The van der Waals surface area contributed by atoms with Crippen molar-refractivity contribution in [3.8, 4) is 0 Å². The van der Waals surface area contributed by atoms with Gasteiger partial charge in [0.15, 0.2) is 0 Å². The number of hydrazine groups is 1. The Morgan fingerprint density at radius 3 is 2.26 bits per heavy atom. The van der Waals surface area contributed by atoms with E-state index < -0.39 is 0 Å². The Balaban J connectivity index is 2.39. The fourth-order valence-corrected chi connectivity index (χ4v) is 2.05. The van der Waals surface area contributed by atoms with Gasteiger partial charge in [0.25, 0.3) is 0 Å². The minimum Gasteiger partial charge on any atom is -0.378 e. The van der Waals surface area contributed by atoms with E-state index in [9.17, 15) is 4.39 Å². The molecule has 1 unspecified atom stereocenters. The minimum atomic E-state index is -0.262. The van der Waals surface area contributed by atoms with Crippen LogP contribution in [0.15, 0.2) is 48.5 Å². The minimum absolute atomic E-state index is 0.226. The normalized spacial score (nSPS) is 12.2. The molecule has 2 aromatic carbocycles. The number of benzene rings is 2. The van der Waals surface area contributed by atoms with Gasteiger partial charge in [0, 0.05) is 19.8 Å². The molecule has 0 aromatic heterocycles. The molecule has 4 heteroatoms. The van der Waals surface area contributed by atoms with E-state index in [1.807, 2.05) is 49.3 Å². The van der Waals surface area contributed by atoms with Gasteiger partial charge in [0.2, 0.25) is 0 Å². The molecule has 0 spiro atoms. The van der Waals surface area contributed by atoms with Crippen molar-refractivity contribution in [3.63, 3.8) is 0 Å². The van der Waals surface area contributed by atoms with Crippen LogP contribution in [0.4, 0.5) is 10.1 Å². The molecule has 2 aromatic rings. The van der Waals surface area contributed by atoms with Crippen LogP contribution in [0.1, 0.15) is 17.2 Å². The number of hydrogen-bond donors (Lipinski definition) is 2. The Morgan fingerprint density at radius 2 is 1.68 bits per heavy atom. The average molecular weight is 259 g/mol. The van der Waals surface area contributed by atoms with Gasteiger partial charge in [-0.1, -0.05) is 24.3 Å². The summed E-state index contributed by atoms with van der Waals surface area (Å²) in [5.74, 6) is 5.36. The molecule has 100 valence electrons. The summed E-state index contributed by atoms with van der Waals surface area (Å²) in [7, 11) is 3.96. The smallest absolute Gasteiger partial charge is 0.123 e. The first-order valence-corrected chi connectivity index (χ1v) is 6.10. The van der Waals surface area contributed by atoms with Crippen LogP contribution in [0.2, 0.25) is 0 Å². The van der Waals surface area contributed by atoms with Gasteiger partial charge >= 0.3 is 0 Å². The fourth-order valence-electron chi connectivity index (χ4n) is 2.05. The maximum absolute atomic E-state index is 13.3. The number of anilines is 1. The predicted molar refractivity (Wildman–Crippen MR) is 76.3 cm³/mol. The van der Waals surface area contributed by atoms with Crippen molar-refractivity contribution in [1.82, 2.24) is 5.43 Å². The fraction of sp³-hybridized carbons (Fsp3) is 0.200. The SMILES string of the molecule is CN(C)c1cccc(C(NN)c2cccc(F)c2)c1. The van der Waals surface area contributed by atoms with E-state index in [0.29, 0.717) is 0 Å². The molecule has 0 fully saturated rings. The van der Waals surface area contributed by atoms with Gasteiger partial charge in [-0.05, 0) is 35.4 Å². The third kappa shape index (κ3) is 3.10. The summed E-state index contributed by atoms with van der Waals surface area (Å²) in [6.07, 6.45) is 0. The van der Waals surface area contributed by atoms with E-state index in [1.54, 1.807) is 6.07 Å². The zero-order chi connectivity index (χ0) is 13.8. The molecule has 2 rings (SSSR count). The van der Waals surface area contributed by atoms with Gasteiger partial charge < -0.3 is 4.90 Å². The van der Waals surface area contributed by atoms with Crippen molar-refractivity contribution in [2.45, 2.75) is 6.04 Å². The van der Waals surface area contributed by atoms with Crippen molar-refractivity contribution in [3.05, 3.63) is 65.5 Å². The van der Waals surface area contributed by atoms with E-state index in [-0.39, 0.29) is 11.9 Å². The topological polar surface area (TPSA) is 41.3 Å². The van der Waals surface area contributed by atoms with Gasteiger partial charge in [-0.2, -0.15) is 0 Å². The lowest BCUT2D eigenvalue weighted by Crippen LogP contribution is -2.29. The molecule has 0 amide bonds. The highest BCUT2D eigenvalue weighted by Gasteiger charge is 2.13. The first-order chi connectivity index (χ1) is 9.11. The van der Waals surface area contributed by atoms with Crippen LogP contribution in [0.3, 0.4) is 0 Å². The van der Waals surface area contributed by atoms with Gasteiger partial charge in [0.1, 0.15) is 5.82 Å². The van der Waals surface area contributed by atoms with Crippen molar-refractivity contribution < 1.29 is 4.39 Å². The van der Waals surface area contributed by atoms with Gasteiger partial charge in [0.05, 0.1) is 6.04 Å². The molecular weight excluding hydrogens is 241 g/mol. The summed E-state index contributed by atoms with van der Waals surface area (Å²) in [6.45, 7) is 0. The monoisotopic (exact) mass is 259 g/mol. The molecule has 0 aliphatic rings. The van der Waals surface area contributed by atoms with Crippen LogP contribution in [0, 0.1) is 5.82 Å². The average Bonchev–Trinajstić information content (AvgIpc) is 2.40. The molecular formula is C15H18FN3. The molecule has 0 heterocycles. The van der Waals surface area contributed by atoms with Crippen molar-refractivity contribution in [2.75, 3.05) is 19.0 Å². The van der Waals surface area contributed by atoms with Gasteiger partial charge in [-0.3, -0.25) is 5.84 Å². The first kappa shape index (κ1) is 13.5. The van der Waals surface area contributed by atoms with Crippen LogP contribution in [0.25, 0.3) is 0 Å². The zero-order valence-electron chi connectivity index (χ0n) is 11.1. The lowest BCUT2D eigenvalue weighted by atomic mass is 9.98. The largest absolute Gasteiger partial charge is 0.378 e. The Hall–Kier alpha value is -1.91. The summed E-state index contributed by atoms with van der Waals surface area (Å²) >= 11 is 0. The van der Waals surface area contributed by atoms with E-state index >= 15 is 0 Å². The molecule has 19 heavy (non-hydrogen) atoms. The molecule has 3 nitrogen and oxygen atoms in total.